The standard InChI is InChI=1S/C16H12O4S2/c17-15(18)11-8-10(14-4-2-6-22-14)12(16(19)20)7-9(11)13-3-1-5-21-13/h1-8,15,17-18H,(H,19,20). The Morgan fingerprint density at radius 3 is 2.00 bits per heavy atom. The fourth-order valence-corrected chi connectivity index (χ4v) is 3.81. The Kier molecular flexibility index (Phi) is 4.08. The van der Waals surface area contributed by atoms with Crippen LogP contribution >= 0.6 is 22.7 Å². The van der Waals surface area contributed by atoms with Gasteiger partial charge in [0.25, 0.3) is 0 Å². The molecule has 22 heavy (non-hydrogen) atoms. The first-order valence-electron chi connectivity index (χ1n) is 6.43. The summed E-state index contributed by atoms with van der Waals surface area (Å²) in [5.74, 6) is -1.04. The minimum Gasteiger partial charge on any atom is -0.478 e. The Bertz CT molecular complexity index is 790. The predicted molar refractivity (Wildman–Crippen MR) is 87.2 cm³/mol. The highest BCUT2D eigenvalue weighted by Crippen LogP contribution is 2.38. The molecule has 0 bridgehead atoms. The number of thiophene rings is 2. The van der Waals surface area contributed by atoms with Crippen LogP contribution in [-0.4, -0.2) is 21.3 Å². The van der Waals surface area contributed by atoms with Crippen molar-refractivity contribution in [3.8, 4) is 20.9 Å². The molecular weight excluding hydrogens is 320 g/mol. The van der Waals surface area contributed by atoms with E-state index in [0.29, 0.717) is 16.7 Å². The maximum absolute atomic E-state index is 11.6. The third-order valence-electron chi connectivity index (χ3n) is 3.27. The van der Waals surface area contributed by atoms with Gasteiger partial charge in [0, 0.05) is 26.4 Å². The second kappa shape index (κ2) is 6.02. The maximum atomic E-state index is 11.6. The van der Waals surface area contributed by atoms with Crippen LogP contribution in [-0.2, 0) is 0 Å². The molecule has 4 nitrogen and oxygen atoms in total. The van der Waals surface area contributed by atoms with Crippen molar-refractivity contribution >= 4 is 28.6 Å². The van der Waals surface area contributed by atoms with E-state index in [0.717, 1.165) is 9.75 Å². The van der Waals surface area contributed by atoms with Gasteiger partial charge in [0.05, 0.1) is 5.56 Å². The van der Waals surface area contributed by atoms with E-state index in [1.165, 1.54) is 28.7 Å². The van der Waals surface area contributed by atoms with Gasteiger partial charge in [-0.05, 0) is 35.0 Å². The molecule has 6 heteroatoms. The van der Waals surface area contributed by atoms with Crippen molar-refractivity contribution < 1.29 is 20.1 Å². The summed E-state index contributed by atoms with van der Waals surface area (Å²) in [5.41, 5.74) is 1.47. The summed E-state index contributed by atoms with van der Waals surface area (Å²) in [7, 11) is 0. The number of aromatic carboxylic acids is 1. The number of hydrogen-bond donors (Lipinski definition) is 3. The lowest BCUT2D eigenvalue weighted by atomic mass is 9.96. The zero-order chi connectivity index (χ0) is 15.7. The van der Waals surface area contributed by atoms with Crippen LogP contribution in [0.4, 0.5) is 0 Å². The van der Waals surface area contributed by atoms with Crippen molar-refractivity contribution in [2.75, 3.05) is 0 Å². The van der Waals surface area contributed by atoms with Crippen molar-refractivity contribution in [1.29, 1.82) is 0 Å². The summed E-state index contributed by atoms with van der Waals surface area (Å²) in [6.07, 6.45) is -1.67. The molecule has 0 aliphatic carbocycles. The first kappa shape index (κ1) is 14.9. The molecule has 3 aromatic rings. The lowest BCUT2D eigenvalue weighted by Crippen LogP contribution is -2.05. The summed E-state index contributed by atoms with van der Waals surface area (Å²) in [6.45, 7) is 0. The summed E-state index contributed by atoms with van der Waals surface area (Å²) >= 11 is 2.83. The molecule has 0 spiro atoms. The Hall–Kier alpha value is -1.99. The zero-order valence-corrected chi connectivity index (χ0v) is 12.9. The average Bonchev–Trinajstić information content (AvgIpc) is 3.19. The van der Waals surface area contributed by atoms with E-state index in [1.54, 1.807) is 6.07 Å². The van der Waals surface area contributed by atoms with Gasteiger partial charge < -0.3 is 15.3 Å². The van der Waals surface area contributed by atoms with Gasteiger partial charge in [-0.2, -0.15) is 0 Å². The molecule has 2 heterocycles. The van der Waals surface area contributed by atoms with Crippen LogP contribution in [0.25, 0.3) is 20.9 Å². The zero-order valence-electron chi connectivity index (χ0n) is 11.3. The summed E-state index contributed by atoms with van der Waals surface area (Å²) in [5, 5.41) is 32.5. The van der Waals surface area contributed by atoms with Gasteiger partial charge in [0.1, 0.15) is 0 Å². The van der Waals surface area contributed by atoms with Crippen LogP contribution in [0.3, 0.4) is 0 Å². The number of hydrogen-bond acceptors (Lipinski definition) is 5. The van der Waals surface area contributed by atoms with Crippen molar-refractivity contribution in [1.82, 2.24) is 0 Å². The number of aliphatic hydroxyl groups excluding tert-OH is 1. The quantitative estimate of drug-likeness (QED) is 0.635. The van der Waals surface area contributed by atoms with E-state index in [4.69, 9.17) is 0 Å². The number of rotatable bonds is 4. The third kappa shape index (κ3) is 2.69. The Morgan fingerprint density at radius 1 is 0.955 bits per heavy atom. The van der Waals surface area contributed by atoms with Crippen molar-refractivity contribution in [3.63, 3.8) is 0 Å². The third-order valence-corrected chi connectivity index (χ3v) is 5.08. The minimum absolute atomic E-state index is 0.148. The van der Waals surface area contributed by atoms with Crippen LogP contribution in [0.2, 0.25) is 0 Å². The van der Waals surface area contributed by atoms with Crippen LogP contribution in [0, 0.1) is 0 Å². The first-order chi connectivity index (χ1) is 10.6. The summed E-state index contributed by atoms with van der Waals surface area (Å²) in [4.78, 5) is 13.2. The largest absolute Gasteiger partial charge is 0.478 e. The first-order valence-corrected chi connectivity index (χ1v) is 8.19. The molecule has 2 aromatic heterocycles. The molecule has 112 valence electrons. The Labute approximate surface area is 134 Å². The van der Waals surface area contributed by atoms with Gasteiger partial charge in [0.15, 0.2) is 6.29 Å². The second-order valence-electron chi connectivity index (χ2n) is 4.62. The van der Waals surface area contributed by atoms with Gasteiger partial charge in [-0.15, -0.1) is 22.7 Å². The lowest BCUT2D eigenvalue weighted by molar-refractivity contribution is -0.0420. The van der Waals surface area contributed by atoms with E-state index in [2.05, 4.69) is 0 Å². The highest BCUT2D eigenvalue weighted by atomic mass is 32.1. The molecule has 0 aliphatic heterocycles. The Balaban J connectivity index is 2.29. The molecule has 1 aromatic carbocycles. The molecule has 0 saturated carbocycles. The van der Waals surface area contributed by atoms with Gasteiger partial charge in [-0.3, -0.25) is 0 Å². The van der Waals surface area contributed by atoms with Gasteiger partial charge >= 0.3 is 5.97 Å². The molecule has 0 fully saturated rings. The fourth-order valence-electron chi connectivity index (χ4n) is 2.29. The van der Waals surface area contributed by atoms with Crippen molar-refractivity contribution in [3.05, 3.63) is 58.3 Å². The fraction of sp³-hybridized carbons (Fsp3) is 0.0625. The number of carboxylic acids is 1. The maximum Gasteiger partial charge on any atom is 0.336 e. The molecule has 0 radical (unpaired) electrons. The van der Waals surface area contributed by atoms with Crippen LogP contribution < -0.4 is 0 Å². The van der Waals surface area contributed by atoms with E-state index < -0.39 is 12.3 Å². The predicted octanol–water partition coefficient (Wildman–Crippen LogP) is 3.83. The van der Waals surface area contributed by atoms with Crippen LogP contribution in [0.5, 0.6) is 0 Å². The summed E-state index contributed by atoms with van der Waals surface area (Å²) < 4.78 is 0. The number of benzene rings is 1. The smallest absolute Gasteiger partial charge is 0.336 e. The van der Waals surface area contributed by atoms with E-state index in [9.17, 15) is 20.1 Å². The number of aliphatic hydroxyl groups is 2. The molecule has 0 atom stereocenters. The molecule has 0 amide bonds. The highest BCUT2D eigenvalue weighted by Gasteiger charge is 2.20. The molecule has 0 saturated heterocycles. The molecular formula is C16H12O4S2. The number of carboxylic acid groups (broad SMARTS) is 1. The molecule has 3 rings (SSSR count). The van der Waals surface area contributed by atoms with E-state index >= 15 is 0 Å². The van der Waals surface area contributed by atoms with Gasteiger partial charge in [-0.1, -0.05) is 12.1 Å². The molecule has 0 aliphatic rings. The van der Waals surface area contributed by atoms with Crippen molar-refractivity contribution in [2.24, 2.45) is 0 Å². The summed E-state index contributed by atoms with van der Waals surface area (Å²) in [6, 6.07) is 10.4. The normalized spacial score (nSPS) is 11.0. The molecule has 0 unspecified atom stereocenters. The topological polar surface area (TPSA) is 77.8 Å². The lowest BCUT2D eigenvalue weighted by Gasteiger charge is -2.14. The Morgan fingerprint density at radius 2 is 1.55 bits per heavy atom. The monoisotopic (exact) mass is 332 g/mol. The van der Waals surface area contributed by atoms with Crippen molar-refractivity contribution in [2.45, 2.75) is 6.29 Å². The average molecular weight is 332 g/mol. The number of carbonyl (C=O) groups is 1. The SMILES string of the molecule is O=C(O)c1cc(-c2cccs2)c(C(O)O)cc1-c1cccs1. The van der Waals surface area contributed by atoms with Gasteiger partial charge in [0.2, 0.25) is 0 Å². The van der Waals surface area contributed by atoms with Gasteiger partial charge in [-0.25, -0.2) is 4.79 Å². The van der Waals surface area contributed by atoms with Crippen LogP contribution in [0.1, 0.15) is 22.2 Å². The molecule has 3 N–H and O–H groups in total. The minimum atomic E-state index is -1.67. The second-order valence-corrected chi connectivity index (χ2v) is 6.51. The highest BCUT2D eigenvalue weighted by molar-refractivity contribution is 7.14. The van der Waals surface area contributed by atoms with E-state index in [-0.39, 0.29) is 5.56 Å². The van der Waals surface area contributed by atoms with Crippen LogP contribution in [0.15, 0.2) is 47.2 Å². The van der Waals surface area contributed by atoms with E-state index in [1.807, 2.05) is 35.0 Å².